The lowest BCUT2D eigenvalue weighted by Gasteiger charge is -2.57. The Hall–Kier alpha value is -0.570. The van der Waals surface area contributed by atoms with Gasteiger partial charge in [-0.05, 0) is 63.2 Å². The fraction of sp³-hybridized carbons (Fsp3) is 0.929. The Morgan fingerprint density at radius 1 is 1.18 bits per heavy atom. The molecule has 4 fully saturated rings. The van der Waals surface area contributed by atoms with Gasteiger partial charge in [0.15, 0.2) is 0 Å². The van der Waals surface area contributed by atoms with Crippen LogP contribution in [0.5, 0.6) is 0 Å². The maximum absolute atomic E-state index is 9.40. The summed E-state index contributed by atoms with van der Waals surface area (Å²) in [6, 6.07) is 0. The van der Waals surface area contributed by atoms with E-state index in [0.717, 1.165) is 23.5 Å². The average molecular weight is 237 g/mol. The second-order valence-corrected chi connectivity index (χ2v) is 6.56. The van der Waals surface area contributed by atoms with Crippen LogP contribution in [0.1, 0.15) is 45.4 Å². The zero-order valence-corrected chi connectivity index (χ0v) is 10.9. The van der Waals surface area contributed by atoms with Gasteiger partial charge in [-0.2, -0.15) is 0 Å². The van der Waals surface area contributed by atoms with Gasteiger partial charge in [-0.1, -0.05) is 5.16 Å². The van der Waals surface area contributed by atoms with E-state index in [0.29, 0.717) is 0 Å². The summed E-state index contributed by atoms with van der Waals surface area (Å²) in [7, 11) is 1.70. The van der Waals surface area contributed by atoms with E-state index in [1.807, 2.05) is 6.92 Å². The van der Waals surface area contributed by atoms with Crippen molar-refractivity contribution in [2.24, 2.45) is 28.3 Å². The number of oxime groups is 1. The van der Waals surface area contributed by atoms with E-state index in [4.69, 9.17) is 4.74 Å². The summed E-state index contributed by atoms with van der Waals surface area (Å²) in [5.74, 6) is 2.63. The van der Waals surface area contributed by atoms with E-state index < -0.39 is 0 Å². The SMILES string of the molecule is COC(C)C(=NO)C12CC3CC(CC(C3)C1)C2. The van der Waals surface area contributed by atoms with Crippen LogP contribution >= 0.6 is 0 Å². The van der Waals surface area contributed by atoms with Crippen LogP contribution in [0.15, 0.2) is 5.16 Å². The molecule has 3 nitrogen and oxygen atoms in total. The van der Waals surface area contributed by atoms with Crippen molar-refractivity contribution in [1.82, 2.24) is 0 Å². The van der Waals surface area contributed by atoms with Crippen molar-refractivity contribution >= 4 is 5.71 Å². The fourth-order valence-electron chi connectivity index (χ4n) is 5.15. The third-order valence-corrected chi connectivity index (χ3v) is 5.43. The minimum Gasteiger partial charge on any atom is -0.411 e. The smallest absolute Gasteiger partial charge is 0.0962 e. The maximum Gasteiger partial charge on any atom is 0.0962 e. The van der Waals surface area contributed by atoms with Gasteiger partial charge in [0, 0.05) is 12.5 Å². The van der Waals surface area contributed by atoms with E-state index in [-0.39, 0.29) is 11.5 Å². The van der Waals surface area contributed by atoms with Gasteiger partial charge in [-0.3, -0.25) is 0 Å². The van der Waals surface area contributed by atoms with Crippen LogP contribution in [0.3, 0.4) is 0 Å². The Labute approximate surface area is 103 Å². The molecule has 1 atom stereocenters. The van der Waals surface area contributed by atoms with Crippen LogP contribution in [-0.2, 0) is 4.74 Å². The highest BCUT2D eigenvalue weighted by Gasteiger charge is 2.54. The molecule has 1 N–H and O–H groups in total. The molecule has 4 aliphatic carbocycles. The minimum atomic E-state index is -0.0451. The van der Waals surface area contributed by atoms with Gasteiger partial charge in [0.1, 0.15) is 0 Å². The predicted octanol–water partition coefficient (Wildman–Crippen LogP) is 3.07. The Kier molecular flexibility index (Phi) is 2.69. The summed E-state index contributed by atoms with van der Waals surface area (Å²) in [4.78, 5) is 0. The molecule has 0 radical (unpaired) electrons. The van der Waals surface area contributed by atoms with E-state index in [1.165, 1.54) is 38.5 Å². The van der Waals surface area contributed by atoms with Crippen molar-refractivity contribution in [1.29, 1.82) is 0 Å². The fourth-order valence-corrected chi connectivity index (χ4v) is 5.15. The normalized spacial score (nSPS) is 46.2. The second kappa shape index (κ2) is 3.98. The first-order chi connectivity index (χ1) is 8.16. The van der Waals surface area contributed by atoms with E-state index >= 15 is 0 Å². The van der Waals surface area contributed by atoms with Crippen LogP contribution in [0.25, 0.3) is 0 Å². The molecular weight excluding hydrogens is 214 g/mol. The van der Waals surface area contributed by atoms with Crippen molar-refractivity contribution in [2.75, 3.05) is 7.11 Å². The third-order valence-electron chi connectivity index (χ3n) is 5.43. The van der Waals surface area contributed by atoms with Gasteiger partial charge >= 0.3 is 0 Å². The number of rotatable bonds is 3. The lowest BCUT2D eigenvalue weighted by Crippen LogP contribution is -2.52. The van der Waals surface area contributed by atoms with Crippen LogP contribution < -0.4 is 0 Å². The number of nitrogens with zero attached hydrogens (tertiary/aromatic N) is 1. The van der Waals surface area contributed by atoms with Crippen molar-refractivity contribution in [2.45, 2.75) is 51.6 Å². The molecule has 4 saturated carbocycles. The molecule has 1 unspecified atom stereocenters. The summed E-state index contributed by atoms with van der Waals surface area (Å²) < 4.78 is 5.40. The molecule has 3 heteroatoms. The standard InChI is InChI=1S/C14H23NO2/c1-9(17-2)13(15-16)14-6-10-3-11(7-14)5-12(4-10)8-14/h9-12,16H,3-8H2,1-2H3. The van der Waals surface area contributed by atoms with Gasteiger partial charge in [-0.25, -0.2) is 0 Å². The second-order valence-electron chi connectivity index (χ2n) is 6.56. The van der Waals surface area contributed by atoms with Gasteiger partial charge in [0.05, 0.1) is 11.8 Å². The summed E-state index contributed by atoms with van der Waals surface area (Å²) in [5, 5.41) is 13.0. The van der Waals surface area contributed by atoms with Crippen molar-refractivity contribution in [3.05, 3.63) is 0 Å². The molecule has 0 aromatic rings. The summed E-state index contributed by atoms with van der Waals surface area (Å²) in [5.41, 5.74) is 1.08. The molecule has 4 rings (SSSR count). The number of hydrogen-bond donors (Lipinski definition) is 1. The predicted molar refractivity (Wildman–Crippen MR) is 66.3 cm³/mol. The highest BCUT2D eigenvalue weighted by atomic mass is 16.5. The third kappa shape index (κ3) is 1.70. The zero-order chi connectivity index (χ0) is 12.0. The van der Waals surface area contributed by atoms with E-state index in [2.05, 4.69) is 5.16 Å². The molecule has 0 saturated heterocycles. The highest BCUT2D eigenvalue weighted by molar-refractivity contribution is 5.93. The number of methoxy groups -OCH3 is 1. The van der Waals surface area contributed by atoms with Gasteiger partial charge < -0.3 is 9.94 Å². The molecule has 4 aliphatic rings. The zero-order valence-electron chi connectivity index (χ0n) is 10.9. The lowest BCUT2D eigenvalue weighted by molar-refractivity contribution is -0.0200. The molecule has 17 heavy (non-hydrogen) atoms. The van der Waals surface area contributed by atoms with Gasteiger partial charge in [0.25, 0.3) is 0 Å². The molecule has 96 valence electrons. The molecular formula is C14H23NO2. The van der Waals surface area contributed by atoms with Crippen molar-refractivity contribution < 1.29 is 9.94 Å². The summed E-state index contributed by atoms with van der Waals surface area (Å²) in [6.07, 6.45) is 7.89. The average Bonchev–Trinajstić information content (AvgIpc) is 2.27. The molecule has 0 aromatic carbocycles. The Bertz CT molecular complexity index is 302. The maximum atomic E-state index is 9.40. The molecule has 0 amide bonds. The lowest BCUT2D eigenvalue weighted by atomic mass is 9.48. The molecule has 0 aromatic heterocycles. The van der Waals surface area contributed by atoms with Crippen molar-refractivity contribution in [3.63, 3.8) is 0 Å². The van der Waals surface area contributed by atoms with Crippen LogP contribution in [-0.4, -0.2) is 24.1 Å². The topological polar surface area (TPSA) is 41.8 Å². The summed E-state index contributed by atoms with van der Waals surface area (Å²) in [6.45, 7) is 2.01. The van der Waals surface area contributed by atoms with Gasteiger partial charge in [-0.15, -0.1) is 0 Å². The molecule has 0 heterocycles. The number of hydrogen-bond acceptors (Lipinski definition) is 3. The molecule has 0 aliphatic heterocycles. The van der Waals surface area contributed by atoms with Crippen LogP contribution in [0.2, 0.25) is 0 Å². The Morgan fingerprint density at radius 2 is 1.65 bits per heavy atom. The van der Waals surface area contributed by atoms with Crippen LogP contribution in [0.4, 0.5) is 0 Å². The van der Waals surface area contributed by atoms with Crippen molar-refractivity contribution in [3.8, 4) is 0 Å². The van der Waals surface area contributed by atoms with E-state index in [1.54, 1.807) is 7.11 Å². The summed E-state index contributed by atoms with van der Waals surface area (Å²) >= 11 is 0. The first kappa shape index (κ1) is 11.5. The Balaban J connectivity index is 1.90. The highest BCUT2D eigenvalue weighted by Crippen LogP contribution is 2.60. The number of ether oxygens (including phenoxy) is 1. The Morgan fingerprint density at radius 3 is 2.00 bits per heavy atom. The molecule has 0 spiro atoms. The minimum absolute atomic E-state index is 0.0451. The van der Waals surface area contributed by atoms with Crippen LogP contribution in [0, 0.1) is 23.2 Å². The van der Waals surface area contributed by atoms with E-state index in [9.17, 15) is 5.21 Å². The quantitative estimate of drug-likeness (QED) is 0.465. The molecule has 4 bridgehead atoms. The largest absolute Gasteiger partial charge is 0.411 e. The monoisotopic (exact) mass is 237 g/mol. The first-order valence-corrected chi connectivity index (χ1v) is 6.92. The first-order valence-electron chi connectivity index (χ1n) is 6.92. The van der Waals surface area contributed by atoms with Gasteiger partial charge in [0.2, 0.25) is 0 Å².